The first kappa shape index (κ1) is 13.5. The van der Waals surface area contributed by atoms with Gasteiger partial charge in [-0.15, -0.1) is 0 Å². The number of benzene rings is 1. The van der Waals surface area contributed by atoms with Gasteiger partial charge in [0.05, 0.1) is 0 Å². The van der Waals surface area contributed by atoms with E-state index in [0.29, 0.717) is 12.0 Å². The lowest BCUT2D eigenvalue weighted by atomic mass is 10.00. The molecule has 1 rings (SSSR count). The fraction of sp³-hybridized carbons (Fsp3) is 0.571. The van der Waals surface area contributed by atoms with Crippen LogP contribution in [0.15, 0.2) is 18.2 Å². The van der Waals surface area contributed by atoms with Crippen LogP contribution in [0.4, 0.5) is 0 Å². The molecular weight excluding hydrogens is 218 g/mol. The van der Waals surface area contributed by atoms with E-state index in [1.807, 2.05) is 6.92 Å². The van der Waals surface area contributed by atoms with Crippen molar-refractivity contribution in [1.29, 1.82) is 0 Å². The molecule has 0 bridgehead atoms. The number of hydrogen-bond donors (Lipinski definition) is 1. The van der Waals surface area contributed by atoms with Gasteiger partial charge in [-0.25, -0.2) is 0 Å². The van der Waals surface area contributed by atoms with Crippen LogP contribution in [0.2, 0.25) is 5.02 Å². The topological polar surface area (TPSA) is 12.0 Å². The molecule has 1 aromatic rings. The van der Waals surface area contributed by atoms with Gasteiger partial charge in [0, 0.05) is 11.1 Å². The molecule has 0 fully saturated rings. The van der Waals surface area contributed by atoms with Crippen LogP contribution in [0, 0.1) is 12.8 Å². The average molecular weight is 240 g/mol. The van der Waals surface area contributed by atoms with Crippen molar-refractivity contribution in [2.24, 2.45) is 5.92 Å². The van der Waals surface area contributed by atoms with Gasteiger partial charge in [0.25, 0.3) is 0 Å². The summed E-state index contributed by atoms with van der Waals surface area (Å²) in [6.45, 7) is 9.72. The molecule has 0 aromatic heterocycles. The van der Waals surface area contributed by atoms with E-state index in [-0.39, 0.29) is 0 Å². The van der Waals surface area contributed by atoms with Crippen LogP contribution in [0.5, 0.6) is 0 Å². The third-order valence-corrected chi connectivity index (χ3v) is 3.10. The van der Waals surface area contributed by atoms with Gasteiger partial charge in [-0.05, 0) is 43.0 Å². The normalized spacial score (nSPS) is 13.1. The van der Waals surface area contributed by atoms with Gasteiger partial charge in [-0.3, -0.25) is 0 Å². The highest BCUT2D eigenvalue weighted by atomic mass is 35.5. The lowest BCUT2D eigenvalue weighted by Gasteiger charge is -2.15. The molecule has 90 valence electrons. The van der Waals surface area contributed by atoms with Crippen LogP contribution in [-0.2, 0) is 6.42 Å². The van der Waals surface area contributed by atoms with Crippen molar-refractivity contribution in [3.8, 4) is 0 Å². The summed E-state index contributed by atoms with van der Waals surface area (Å²) in [6.07, 6.45) is 1.08. The van der Waals surface area contributed by atoms with Crippen LogP contribution in [0.3, 0.4) is 0 Å². The predicted octanol–water partition coefficient (Wildman–Crippen LogP) is 3.83. The van der Waals surface area contributed by atoms with Crippen molar-refractivity contribution in [2.75, 3.05) is 6.54 Å². The minimum atomic E-state index is 0.559. The molecule has 0 aliphatic carbocycles. The summed E-state index contributed by atoms with van der Waals surface area (Å²) in [6, 6.07) is 6.92. The highest BCUT2D eigenvalue weighted by molar-refractivity contribution is 6.31. The van der Waals surface area contributed by atoms with Crippen molar-refractivity contribution in [2.45, 2.75) is 40.2 Å². The molecule has 0 heterocycles. The summed E-state index contributed by atoms with van der Waals surface area (Å²) in [7, 11) is 0. The Hall–Kier alpha value is -0.530. The average Bonchev–Trinajstić information content (AvgIpc) is 2.21. The summed E-state index contributed by atoms with van der Waals surface area (Å²) in [4.78, 5) is 0. The number of aryl methyl sites for hydroxylation is 1. The molecule has 0 amide bonds. The second-order valence-corrected chi connectivity index (χ2v) is 5.36. The first-order valence-corrected chi connectivity index (χ1v) is 6.35. The molecular formula is C14H22ClN. The zero-order valence-electron chi connectivity index (χ0n) is 10.7. The summed E-state index contributed by atoms with van der Waals surface area (Å²) >= 11 is 6.11. The highest BCUT2D eigenvalue weighted by Gasteiger charge is 2.05. The van der Waals surface area contributed by atoms with Gasteiger partial charge in [0.2, 0.25) is 0 Å². The number of halogens is 1. The summed E-state index contributed by atoms with van der Waals surface area (Å²) < 4.78 is 0. The Labute approximate surface area is 104 Å². The smallest absolute Gasteiger partial charge is 0.0437 e. The Morgan fingerprint density at radius 3 is 2.50 bits per heavy atom. The first-order chi connectivity index (χ1) is 7.49. The minimum absolute atomic E-state index is 0.559. The summed E-state index contributed by atoms with van der Waals surface area (Å²) in [5, 5.41) is 4.33. The molecule has 1 aromatic carbocycles. The lowest BCUT2D eigenvalue weighted by molar-refractivity contribution is 0.476. The fourth-order valence-electron chi connectivity index (χ4n) is 1.67. The molecule has 1 N–H and O–H groups in total. The van der Waals surface area contributed by atoms with Crippen LogP contribution < -0.4 is 5.32 Å². The van der Waals surface area contributed by atoms with Crippen LogP contribution in [0.1, 0.15) is 31.9 Å². The van der Waals surface area contributed by atoms with Gasteiger partial charge in [0.1, 0.15) is 0 Å². The Morgan fingerprint density at radius 1 is 1.25 bits per heavy atom. The molecule has 0 saturated heterocycles. The minimum Gasteiger partial charge on any atom is -0.314 e. The maximum atomic E-state index is 6.11. The van der Waals surface area contributed by atoms with E-state index in [9.17, 15) is 0 Å². The van der Waals surface area contributed by atoms with Gasteiger partial charge in [0.15, 0.2) is 0 Å². The Morgan fingerprint density at radius 2 is 1.94 bits per heavy atom. The predicted molar refractivity (Wildman–Crippen MR) is 72.2 cm³/mol. The van der Waals surface area contributed by atoms with Crippen LogP contribution in [0.25, 0.3) is 0 Å². The molecule has 1 nitrogen and oxygen atoms in total. The number of hydrogen-bond acceptors (Lipinski definition) is 1. The van der Waals surface area contributed by atoms with E-state index < -0.39 is 0 Å². The molecule has 1 atom stereocenters. The van der Waals surface area contributed by atoms with Crippen molar-refractivity contribution >= 4 is 11.6 Å². The van der Waals surface area contributed by atoms with Gasteiger partial charge in [-0.1, -0.05) is 44.5 Å². The highest BCUT2D eigenvalue weighted by Crippen LogP contribution is 2.18. The van der Waals surface area contributed by atoms with E-state index in [0.717, 1.165) is 23.6 Å². The van der Waals surface area contributed by atoms with E-state index in [2.05, 4.69) is 44.3 Å². The van der Waals surface area contributed by atoms with Crippen LogP contribution >= 0.6 is 11.6 Å². The zero-order valence-corrected chi connectivity index (χ0v) is 11.4. The number of rotatable bonds is 5. The van der Waals surface area contributed by atoms with Gasteiger partial charge >= 0.3 is 0 Å². The maximum Gasteiger partial charge on any atom is 0.0437 e. The standard InChI is InChI=1S/C14H22ClN/c1-10(2)16-9-11(3)7-13-6-5-12(4)14(15)8-13/h5-6,8,10-11,16H,7,9H2,1-4H3. The molecule has 1 unspecified atom stereocenters. The SMILES string of the molecule is Cc1ccc(CC(C)CNC(C)C)cc1Cl. The lowest BCUT2D eigenvalue weighted by Crippen LogP contribution is -2.28. The third kappa shape index (κ3) is 4.54. The Balaban J connectivity index is 2.49. The number of nitrogens with one attached hydrogen (secondary N) is 1. The fourth-order valence-corrected chi connectivity index (χ4v) is 1.88. The second kappa shape index (κ2) is 6.27. The zero-order chi connectivity index (χ0) is 12.1. The van der Waals surface area contributed by atoms with E-state index >= 15 is 0 Å². The first-order valence-electron chi connectivity index (χ1n) is 5.97. The van der Waals surface area contributed by atoms with E-state index in [4.69, 9.17) is 11.6 Å². The summed E-state index contributed by atoms with van der Waals surface area (Å²) in [5.74, 6) is 0.640. The van der Waals surface area contributed by atoms with E-state index in [1.54, 1.807) is 0 Å². The molecule has 2 heteroatoms. The van der Waals surface area contributed by atoms with Crippen molar-refractivity contribution in [3.63, 3.8) is 0 Å². The molecule has 0 saturated carbocycles. The third-order valence-electron chi connectivity index (χ3n) is 2.69. The van der Waals surface area contributed by atoms with Crippen molar-refractivity contribution in [1.82, 2.24) is 5.32 Å². The molecule has 16 heavy (non-hydrogen) atoms. The maximum absolute atomic E-state index is 6.11. The van der Waals surface area contributed by atoms with Crippen molar-refractivity contribution in [3.05, 3.63) is 34.3 Å². The second-order valence-electron chi connectivity index (χ2n) is 4.96. The van der Waals surface area contributed by atoms with Gasteiger partial charge in [-0.2, -0.15) is 0 Å². The quantitative estimate of drug-likeness (QED) is 0.824. The molecule has 0 aliphatic rings. The van der Waals surface area contributed by atoms with Crippen LogP contribution in [-0.4, -0.2) is 12.6 Å². The molecule has 0 aliphatic heterocycles. The largest absolute Gasteiger partial charge is 0.314 e. The monoisotopic (exact) mass is 239 g/mol. The Kier molecular flexibility index (Phi) is 5.30. The van der Waals surface area contributed by atoms with Crippen molar-refractivity contribution < 1.29 is 0 Å². The molecule has 0 spiro atoms. The van der Waals surface area contributed by atoms with E-state index in [1.165, 1.54) is 5.56 Å². The Bertz CT molecular complexity index is 334. The molecule has 0 radical (unpaired) electrons. The summed E-state index contributed by atoms with van der Waals surface area (Å²) in [5.41, 5.74) is 2.48. The van der Waals surface area contributed by atoms with Gasteiger partial charge < -0.3 is 5.32 Å².